The highest BCUT2D eigenvalue weighted by atomic mass is 32.2. The van der Waals surface area contributed by atoms with Gasteiger partial charge >= 0.3 is 0 Å². The van der Waals surface area contributed by atoms with Gasteiger partial charge in [0.25, 0.3) is 0 Å². The van der Waals surface area contributed by atoms with Crippen LogP contribution in [-0.4, -0.2) is 23.6 Å². The van der Waals surface area contributed by atoms with E-state index in [1.165, 1.54) is 42.8 Å². The third-order valence-electron chi connectivity index (χ3n) is 5.24. The van der Waals surface area contributed by atoms with Crippen LogP contribution in [0.25, 0.3) is 21.9 Å². The molecule has 0 radical (unpaired) electrons. The fourth-order valence-corrected chi connectivity index (χ4v) is 4.80. The molecule has 0 amide bonds. The molecule has 166 valence electrons. The zero-order chi connectivity index (χ0) is 22.8. The number of nitrogens with two attached hydrogens (primary N) is 1. The van der Waals surface area contributed by atoms with Crippen molar-refractivity contribution in [2.75, 3.05) is 13.3 Å². The predicted octanol–water partition coefficient (Wildman–Crippen LogP) is 6.18. The van der Waals surface area contributed by atoms with E-state index in [1.807, 2.05) is 11.8 Å². The van der Waals surface area contributed by atoms with Gasteiger partial charge in [-0.25, -0.2) is 0 Å². The first-order chi connectivity index (χ1) is 15.7. The molecule has 4 N–H and O–H groups in total. The lowest BCUT2D eigenvalue weighted by Gasteiger charge is -2.12. The van der Waals surface area contributed by atoms with E-state index in [2.05, 4.69) is 97.6 Å². The third-order valence-corrected chi connectivity index (χ3v) is 6.30. The van der Waals surface area contributed by atoms with Crippen LogP contribution in [0.1, 0.15) is 24.0 Å². The summed E-state index contributed by atoms with van der Waals surface area (Å²) in [6.45, 7) is 2.16. The van der Waals surface area contributed by atoms with Gasteiger partial charge in [0.05, 0.1) is 6.73 Å². The van der Waals surface area contributed by atoms with Crippen LogP contribution in [0.2, 0.25) is 0 Å². The number of aryl methyl sites for hydroxylation is 2. The van der Waals surface area contributed by atoms with E-state index < -0.39 is 0 Å². The second-order valence-electron chi connectivity index (χ2n) is 7.64. The SMILES string of the molecule is Cc1cccc(Sc2cccc3c(-c4ccc(CCCCO)cc4)cccc23)c1.NCO. The number of hydrogen-bond donors (Lipinski definition) is 3. The second kappa shape index (κ2) is 12.4. The van der Waals surface area contributed by atoms with Gasteiger partial charge in [-0.3, -0.25) is 0 Å². The van der Waals surface area contributed by atoms with Crippen LogP contribution in [-0.2, 0) is 6.42 Å². The zero-order valence-corrected chi connectivity index (χ0v) is 19.3. The predicted molar refractivity (Wildman–Crippen MR) is 136 cm³/mol. The number of rotatable bonds is 7. The van der Waals surface area contributed by atoms with Crippen LogP contribution >= 0.6 is 11.8 Å². The Morgan fingerprint density at radius 3 is 2.19 bits per heavy atom. The first kappa shape index (κ1) is 24.0. The maximum atomic E-state index is 8.96. The molecule has 0 aliphatic rings. The Morgan fingerprint density at radius 1 is 0.781 bits per heavy atom. The molecule has 0 saturated carbocycles. The highest BCUT2D eigenvalue weighted by Gasteiger charge is 2.08. The molecule has 4 aromatic carbocycles. The lowest BCUT2D eigenvalue weighted by Crippen LogP contribution is -1.92. The Balaban J connectivity index is 0.000000913. The molecule has 3 nitrogen and oxygen atoms in total. The average Bonchev–Trinajstić information content (AvgIpc) is 2.80. The normalized spacial score (nSPS) is 10.6. The summed E-state index contributed by atoms with van der Waals surface area (Å²) in [4.78, 5) is 2.56. The van der Waals surface area contributed by atoms with Gasteiger partial charge in [0.15, 0.2) is 0 Å². The van der Waals surface area contributed by atoms with Crippen LogP contribution < -0.4 is 5.73 Å². The van der Waals surface area contributed by atoms with Gasteiger partial charge in [0, 0.05) is 16.4 Å². The van der Waals surface area contributed by atoms with Gasteiger partial charge in [0.2, 0.25) is 0 Å². The van der Waals surface area contributed by atoms with E-state index in [0.717, 1.165) is 19.3 Å². The molecule has 0 aliphatic heterocycles. The van der Waals surface area contributed by atoms with Crippen LogP contribution in [0, 0.1) is 6.92 Å². The van der Waals surface area contributed by atoms with Gasteiger partial charge in [-0.2, -0.15) is 0 Å². The molecule has 0 fully saturated rings. The van der Waals surface area contributed by atoms with E-state index in [4.69, 9.17) is 10.2 Å². The molecule has 4 heteroatoms. The fraction of sp³-hybridized carbons (Fsp3) is 0.214. The Bertz CT molecular complexity index is 1130. The van der Waals surface area contributed by atoms with Crippen LogP contribution in [0.3, 0.4) is 0 Å². The molecule has 0 saturated heterocycles. The lowest BCUT2D eigenvalue weighted by molar-refractivity contribution is 0.284. The summed E-state index contributed by atoms with van der Waals surface area (Å²) in [5.41, 5.74) is 9.54. The molecule has 0 aromatic heterocycles. The largest absolute Gasteiger partial charge is 0.396 e. The van der Waals surface area contributed by atoms with Gasteiger partial charge in [-0.15, -0.1) is 0 Å². The van der Waals surface area contributed by atoms with Crippen molar-refractivity contribution in [1.29, 1.82) is 0 Å². The zero-order valence-electron chi connectivity index (χ0n) is 18.5. The van der Waals surface area contributed by atoms with Crippen molar-refractivity contribution in [2.24, 2.45) is 5.73 Å². The first-order valence-corrected chi connectivity index (χ1v) is 11.7. The molecule has 0 heterocycles. The third kappa shape index (κ3) is 6.44. The monoisotopic (exact) mass is 445 g/mol. The number of benzene rings is 4. The van der Waals surface area contributed by atoms with Gasteiger partial charge < -0.3 is 15.9 Å². The van der Waals surface area contributed by atoms with E-state index in [0.29, 0.717) is 0 Å². The molecular weight excluding hydrogens is 414 g/mol. The molecule has 0 aliphatic carbocycles. The Morgan fingerprint density at radius 2 is 1.47 bits per heavy atom. The molecule has 4 rings (SSSR count). The lowest BCUT2D eigenvalue weighted by atomic mass is 9.97. The molecular formula is C28H31NO2S. The summed E-state index contributed by atoms with van der Waals surface area (Å²) in [7, 11) is 0. The van der Waals surface area contributed by atoms with Crippen molar-refractivity contribution >= 4 is 22.5 Å². The maximum Gasteiger partial charge on any atom is 0.0906 e. The Kier molecular flexibility index (Phi) is 9.32. The molecule has 32 heavy (non-hydrogen) atoms. The smallest absolute Gasteiger partial charge is 0.0906 e. The minimum absolute atomic E-state index is 0.250. The molecule has 0 unspecified atom stereocenters. The van der Waals surface area contributed by atoms with Crippen LogP contribution in [0.4, 0.5) is 0 Å². The summed E-state index contributed by atoms with van der Waals surface area (Å²) in [6, 6.07) is 30.8. The average molecular weight is 446 g/mol. The number of aliphatic hydroxyl groups is 2. The van der Waals surface area contributed by atoms with Gasteiger partial charge in [-0.1, -0.05) is 84.1 Å². The van der Waals surface area contributed by atoms with E-state index in [-0.39, 0.29) is 13.3 Å². The Labute approximate surface area is 194 Å². The topological polar surface area (TPSA) is 66.5 Å². The van der Waals surface area contributed by atoms with Crippen molar-refractivity contribution in [2.45, 2.75) is 36.0 Å². The summed E-state index contributed by atoms with van der Waals surface area (Å²) in [5, 5.41) is 18.9. The molecule has 0 spiro atoms. The minimum atomic E-state index is -0.250. The quantitative estimate of drug-likeness (QED) is 0.235. The highest BCUT2D eigenvalue weighted by molar-refractivity contribution is 7.99. The van der Waals surface area contributed by atoms with Crippen molar-refractivity contribution in [3.8, 4) is 11.1 Å². The van der Waals surface area contributed by atoms with Crippen molar-refractivity contribution < 1.29 is 10.2 Å². The second-order valence-corrected chi connectivity index (χ2v) is 8.75. The van der Waals surface area contributed by atoms with Gasteiger partial charge in [-0.05, 0) is 71.8 Å². The molecule has 4 aromatic rings. The number of fused-ring (bicyclic) bond motifs is 1. The summed E-state index contributed by atoms with van der Waals surface area (Å²) < 4.78 is 0. The summed E-state index contributed by atoms with van der Waals surface area (Å²) in [6.07, 6.45) is 2.92. The van der Waals surface area contributed by atoms with Gasteiger partial charge in [0.1, 0.15) is 0 Å². The van der Waals surface area contributed by atoms with E-state index in [1.54, 1.807) is 0 Å². The van der Waals surface area contributed by atoms with Crippen LogP contribution in [0.15, 0.2) is 94.7 Å². The number of aliphatic hydroxyl groups excluding tert-OH is 2. The van der Waals surface area contributed by atoms with Crippen molar-refractivity contribution in [1.82, 2.24) is 0 Å². The van der Waals surface area contributed by atoms with Crippen molar-refractivity contribution in [3.63, 3.8) is 0 Å². The fourth-order valence-electron chi connectivity index (χ4n) is 3.72. The first-order valence-electron chi connectivity index (χ1n) is 10.9. The summed E-state index contributed by atoms with van der Waals surface area (Å²) in [5.74, 6) is 0. The Hall–Kier alpha value is -2.63. The number of unbranched alkanes of at least 4 members (excludes halogenated alkanes) is 1. The molecule has 0 atom stereocenters. The van der Waals surface area contributed by atoms with E-state index in [9.17, 15) is 0 Å². The number of hydrogen-bond acceptors (Lipinski definition) is 4. The minimum Gasteiger partial charge on any atom is -0.396 e. The van der Waals surface area contributed by atoms with Crippen LogP contribution in [0.5, 0.6) is 0 Å². The standard InChI is InChI=1S/C27H26OS.CH5NO/c1-20-7-4-9-23(19-20)29-27-13-6-11-25-24(10-5-12-26(25)27)22-16-14-21(15-17-22)8-2-3-18-28;2-1-3/h4-7,9-17,19,28H,2-3,8,18H2,1H3;3H,1-2H2. The highest BCUT2D eigenvalue weighted by Crippen LogP contribution is 2.37. The van der Waals surface area contributed by atoms with Crippen molar-refractivity contribution in [3.05, 3.63) is 96.1 Å². The summed E-state index contributed by atoms with van der Waals surface area (Å²) >= 11 is 1.83. The maximum absolute atomic E-state index is 8.96. The molecule has 0 bridgehead atoms. The van der Waals surface area contributed by atoms with E-state index >= 15 is 0 Å².